The highest BCUT2D eigenvalue weighted by Gasteiger charge is 2.20. The molecule has 0 bridgehead atoms. The first kappa shape index (κ1) is 18.8. The molecular formula is C13H21N3O4S2. The Bertz CT molecular complexity index is 424. The molecule has 3 N–H and O–H groups in total. The molecule has 1 aliphatic heterocycles. The fourth-order valence-corrected chi connectivity index (χ4v) is 4.09. The van der Waals surface area contributed by atoms with E-state index in [2.05, 4.69) is 16.0 Å². The number of hydrogen-bond donors (Lipinski definition) is 3. The van der Waals surface area contributed by atoms with Gasteiger partial charge in [-0.2, -0.15) is 0 Å². The summed E-state index contributed by atoms with van der Waals surface area (Å²) in [6.07, 6.45) is 1.69. The largest absolute Gasteiger partial charge is 0.347 e. The molecule has 0 atom stereocenters. The summed E-state index contributed by atoms with van der Waals surface area (Å²) in [7, 11) is 3.56. The van der Waals surface area contributed by atoms with Crippen molar-refractivity contribution in [3.8, 4) is 0 Å². The molecule has 0 aliphatic carbocycles. The van der Waals surface area contributed by atoms with E-state index in [0.29, 0.717) is 0 Å². The van der Waals surface area contributed by atoms with Crippen LogP contribution in [0.3, 0.4) is 0 Å². The van der Waals surface area contributed by atoms with Gasteiger partial charge in [0.05, 0.1) is 19.6 Å². The normalized spacial score (nSPS) is 15.5. The zero-order valence-electron chi connectivity index (χ0n) is 12.5. The maximum absolute atomic E-state index is 12.0. The molecule has 0 spiro atoms. The van der Waals surface area contributed by atoms with Gasteiger partial charge in [0.25, 0.3) is 0 Å². The van der Waals surface area contributed by atoms with Crippen LogP contribution < -0.4 is 16.0 Å². The van der Waals surface area contributed by atoms with Crippen LogP contribution in [-0.4, -0.2) is 54.6 Å². The smallest absolute Gasteiger partial charge is 0.239 e. The van der Waals surface area contributed by atoms with Gasteiger partial charge in [-0.05, 0) is 12.8 Å². The van der Waals surface area contributed by atoms with Crippen LogP contribution in [0.1, 0.15) is 19.8 Å². The highest BCUT2D eigenvalue weighted by Crippen LogP contribution is 2.31. The molecule has 124 valence electrons. The summed E-state index contributed by atoms with van der Waals surface area (Å²) in [6.45, 7) is 0.928. The van der Waals surface area contributed by atoms with Gasteiger partial charge in [0.1, 0.15) is 0 Å². The number of nitrogens with one attached hydrogen (secondary N) is 3. The Balaban J connectivity index is 2.17. The van der Waals surface area contributed by atoms with E-state index in [1.54, 1.807) is 21.6 Å². The van der Waals surface area contributed by atoms with Crippen LogP contribution in [-0.2, 0) is 19.2 Å². The van der Waals surface area contributed by atoms with E-state index in [-0.39, 0.29) is 37.2 Å². The van der Waals surface area contributed by atoms with Crippen LogP contribution in [0.25, 0.3) is 0 Å². The van der Waals surface area contributed by atoms with E-state index < -0.39 is 11.8 Å². The average Bonchev–Trinajstić information content (AvgIpc) is 2.77. The highest BCUT2D eigenvalue weighted by molar-refractivity contribution is 8.76. The van der Waals surface area contributed by atoms with Crippen LogP contribution in [0.4, 0.5) is 0 Å². The van der Waals surface area contributed by atoms with Crippen molar-refractivity contribution in [2.24, 2.45) is 5.92 Å². The fourth-order valence-electron chi connectivity index (χ4n) is 1.80. The predicted octanol–water partition coefficient (Wildman–Crippen LogP) is -0.285. The Hall–Kier alpha value is -1.22. The Morgan fingerprint density at radius 3 is 1.91 bits per heavy atom. The van der Waals surface area contributed by atoms with Crippen molar-refractivity contribution < 1.29 is 19.2 Å². The van der Waals surface area contributed by atoms with Crippen molar-refractivity contribution >= 4 is 45.1 Å². The molecule has 1 saturated heterocycles. The van der Waals surface area contributed by atoms with Gasteiger partial charge in [-0.15, -0.1) is 0 Å². The van der Waals surface area contributed by atoms with Crippen LogP contribution in [0.5, 0.6) is 0 Å². The first-order chi connectivity index (χ1) is 10.5. The lowest BCUT2D eigenvalue weighted by atomic mass is 9.98. The molecule has 0 saturated carbocycles. The van der Waals surface area contributed by atoms with E-state index >= 15 is 0 Å². The Labute approximate surface area is 137 Å². The van der Waals surface area contributed by atoms with Crippen molar-refractivity contribution in [2.75, 3.05) is 31.1 Å². The molecule has 0 radical (unpaired) electrons. The molecule has 1 heterocycles. The second-order valence-electron chi connectivity index (χ2n) is 4.85. The van der Waals surface area contributed by atoms with Crippen LogP contribution in [0, 0.1) is 5.92 Å². The lowest BCUT2D eigenvalue weighted by Gasteiger charge is -2.12. The number of hydrogen-bond acceptors (Lipinski definition) is 6. The number of rotatable bonds is 7. The topological polar surface area (TPSA) is 104 Å². The zero-order chi connectivity index (χ0) is 16.4. The number of carbonyl (C=O) groups excluding carboxylic acids is 4. The van der Waals surface area contributed by atoms with Gasteiger partial charge in [-0.25, -0.2) is 0 Å². The van der Waals surface area contributed by atoms with Crippen molar-refractivity contribution in [2.45, 2.75) is 19.8 Å². The third kappa shape index (κ3) is 8.28. The summed E-state index contributed by atoms with van der Waals surface area (Å²) in [5.74, 6) is 0.780. The van der Waals surface area contributed by atoms with Crippen molar-refractivity contribution in [3.63, 3.8) is 0 Å². The summed E-state index contributed by atoms with van der Waals surface area (Å²) in [5, 5.41) is 7.21. The maximum Gasteiger partial charge on any atom is 0.239 e. The molecule has 0 aromatic carbocycles. The fraction of sp³-hybridized carbons (Fsp3) is 0.692. The second kappa shape index (κ2) is 10.5. The molecule has 0 unspecified atom stereocenters. The third-order valence-corrected chi connectivity index (χ3v) is 5.51. The quantitative estimate of drug-likeness (QED) is 0.547. The molecular weight excluding hydrogens is 326 g/mol. The second-order valence-corrected chi connectivity index (χ2v) is 7.55. The minimum absolute atomic E-state index is 0.000397. The van der Waals surface area contributed by atoms with Gasteiger partial charge in [0, 0.05) is 24.3 Å². The van der Waals surface area contributed by atoms with Gasteiger partial charge in [0.15, 0.2) is 5.78 Å². The van der Waals surface area contributed by atoms with Gasteiger partial charge >= 0.3 is 0 Å². The standard InChI is InChI=1S/C13H21N3O4S2/c1-9(17)14-7-12(19)16-8-13(20)15-6-11(18)10-2-4-21-22-5-3-10/h10H,2-8H2,1H3,(H,14,17)(H,15,20)(H,16,19). The molecule has 1 rings (SSSR count). The van der Waals surface area contributed by atoms with Crippen LogP contribution >= 0.6 is 21.6 Å². The van der Waals surface area contributed by atoms with Gasteiger partial charge < -0.3 is 16.0 Å². The van der Waals surface area contributed by atoms with E-state index in [9.17, 15) is 19.2 Å². The Morgan fingerprint density at radius 1 is 0.864 bits per heavy atom. The molecule has 3 amide bonds. The van der Waals surface area contributed by atoms with Gasteiger partial charge in [-0.3, -0.25) is 19.2 Å². The van der Waals surface area contributed by atoms with Crippen molar-refractivity contribution in [1.29, 1.82) is 0 Å². The van der Waals surface area contributed by atoms with E-state index in [4.69, 9.17) is 0 Å². The maximum atomic E-state index is 12.0. The lowest BCUT2D eigenvalue weighted by molar-refractivity contribution is -0.128. The van der Waals surface area contributed by atoms with Crippen LogP contribution in [0.15, 0.2) is 0 Å². The molecule has 0 aromatic rings. The number of amides is 3. The third-order valence-electron chi connectivity index (χ3n) is 3.04. The van der Waals surface area contributed by atoms with E-state index in [1.807, 2.05) is 0 Å². The summed E-state index contributed by atoms with van der Waals surface area (Å²) in [6, 6.07) is 0. The van der Waals surface area contributed by atoms with Crippen LogP contribution in [0.2, 0.25) is 0 Å². The Morgan fingerprint density at radius 2 is 1.36 bits per heavy atom. The summed E-state index contributed by atoms with van der Waals surface area (Å²) < 4.78 is 0. The first-order valence-electron chi connectivity index (χ1n) is 7.04. The molecule has 9 heteroatoms. The van der Waals surface area contributed by atoms with Crippen molar-refractivity contribution in [1.82, 2.24) is 16.0 Å². The summed E-state index contributed by atoms with van der Waals surface area (Å²) in [4.78, 5) is 45.5. The molecule has 0 aromatic heterocycles. The molecule has 1 aliphatic rings. The Kier molecular flexibility index (Phi) is 8.98. The van der Waals surface area contributed by atoms with Crippen molar-refractivity contribution in [3.05, 3.63) is 0 Å². The monoisotopic (exact) mass is 347 g/mol. The van der Waals surface area contributed by atoms with Gasteiger partial charge in [-0.1, -0.05) is 21.6 Å². The molecule has 7 nitrogen and oxygen atoms in total. The van der Waals surface area contributed by atoms with E-state index in [1.165, 1.54) is 6.92 Å². The SMILES string of the molecule is CC(=O)NCC(=O)NCC(=O)NCC(=O)C1CCSSCC1. The highest BCUT2D eigenvalue weighted by atomic mass is 33.1. The van der Waals surface area contributed by atoms with E-state index in [0.717, 1.165) is 24.3 Å². The number of Topliss-reactive ketones (excluding diaryl/α,β-unsaturated/α-hetero) is 1. The zero-order valence-corrected chi connectivity index (χ0v) is 14.1. The number of carbonyl (C=O) groups is 4. The molecule has 22 heavy (non-hydrogen) atoms. The minimum Gasteiger partial charge on any atom is -0.347 e. The summed E-state index contributed by atoms with van der Waals surface area (Å²) in [5.41, 5.74) is 0. The predicted molar refractivity (Wildman–Crippen MR) is 87.4 cm³/mol. The first-order valence-corrected chi connectivity index (χ1v) is 9.53. The average molecular weight is 347 g/mol. The minimum atomic E-state index is -0.450. The van der Waals surface area contributed by atoms with Gasteiger partial charge in [0.2, 0.25) is 17.7 Å². The molecule has 1 fully saturated rings. The lowest BCUT2D eigenvalue weighted by Crippen LogP contribution is -2.43. The number of ketones is 1. The summed E-state index contributed by atoms with van der Waals surface area (Å²) >= 11 is 0.